The molecule has 0 bridgehead atoms. The standard InChI is InChI=1S/C11H25N3O/c1-4-7-14(8-5-2)10(6-3)9-11(12)13-15/h10,15H,4-9H2,1-3H3,(H2,12,13). The molecule has 0 heterocycles. The van der Waals surface area contributed by atoms with E-state index in [0.29, 0.717) is 18.3 Å². The van der Waals surface area contributed by atoms with Gasteiger partial charge < -0.3 is 10.9 Å². The third-order valence-corrected chi connectivity index (χ3v) is 2.58. The highest BCUT2D eigenvalue weighted by atomic mass is 16.4. The number of nitrogens with zero attached hydrogens (tertiary/aromatic N) is 2. The monoisotopic (exact) mass is 215 g/mol. The van der Waals surface area contributed by atoms with Gasteiger partial charge >= 0.3 is 0 Å². The number of rotatable bonds is 8. The summed E-state index contributed by atoms with van der Waals surface area (Å²) in [5.74, 6) is 0.332. The molecule has 0 aliphatic rings. The minimum Gasteiger partial charge on any atom is -0.409 e. The van der Waals surface area contributed by atoms with Crippen molar-refractivity contribution in [3.05, 3.63) is 0 Å². The van der Waals surface area contributed by atoms with E-state index in [1.807, 2.05) is 0 Å². The van der Waals surface area contributed by atoms with Gasteiger partial charge in [-0.2, -0.15) is 0 Å². The van der Waals surface area contributed by atoms with Crippen LogP contribution in [0.5, 0.6) is 0 Å². The van der Waals surface area contributed by atoms with Gasteiger partial charge in [0.15, 0.2) is 0 Å². The zero-order valence-electron chi connectivity index (χ0n) is 10.2. The van der Waals surface area contributed by atoms with Crippen LogP contribution in [0.3, 0.4) is 0 Å². The molecule has 0 aromatic heterocycles. The molecule has 0 aliphatic heterocycles. The Morgan fingerprint density at radius 1 is 1.27 bits per heavy atom. The molecule has 15 heavy (non-hydrogen) atoms. The molecular formula is C11H25N3O. The van der Waals surface area contributed by atoms with Gasteiger partial charge in [-0.05, 0) is 32.4 Å². The fourth-order valence-electron chi connectivity index (χ4n) is 1.87. The fourth-order valence-corrected chi connectivity index (χ4v) is 1.87. The lowest BCUT2D eigenvalue weighted by Gasteiger charge is -2.30. The van der Waals surface area contributed by atoms with Gasteiger partial charge in [0.2, 0.25) is 0 Å². The second kappa shape index (κ2) is 8.53. The van der Waals surface area contributed by atoms with Crippen LogP contribution in [0.25, 0.3) is 0 Å². The van der Waals surface area contributed by atoms with Crippen molar-refractivity contribution in [2.24, 2.45) is 10.9 Å². The summed E-state index contributed by atoms with van der Waals surface area (Å²) in [4.78, 5) is 2.43. The van der Waals surface area contributed by atoms with Crippen LogP contribution in [0.1, 0.15) is 46.5 Å². The second-order valence-corrected chi connectivity index (χ2v) is 3.89. The van der Waals surface area contributed by atoms with Crippen molar-refractivity contribution >= 4 is 5.84 Å². The minimum absolute atomic E-state index is 0.332. The van der Waals surface area contributed by atoms with E-state index in [0.717, 1.165) is 32.4 Å². The zero-order chi connectivity index (χ0) is 11.7. The van der Waals surface area contributed by atoms with E-state index in [1.54, 1.807) is 0 Å². The second-order valence-electron chi connectivity index (χ2n) is 3.89. The van der Waals surface area contributed by atoms with Crippen molar-refractivity contribution in [3.8, 4) is 0 Å². The van der Waals surface area contributed by atoms with Crippen LogP contribution >= 0.6 is 0 Å². The molecule has 0 aromatic carbocycles. The third-order valence-electron chi connectivity index (χ3n) is 2.58. The summed E-state index contributed by atoms with van der Waals surface area (Å²) < 4.78 is 0. The van der Waals surface area contributed by atoms with Crippen molar-refractivity contribution in [2.45, 2.75) is 52.5 Å². The molecule has 4 heteroatoms. The molecule has 0 fully saturated rings. The molecule has 90 valence electrons. The summed E-state index contributed by atoms with van der Waals surface area (Å²) in [6.45, 7) is 8.68. The van der Waals surface area contributed by atoms with Crippen LogP contribution < -0.4 is 5.73 Å². The number of hydrogen-bond acceptors (Lipinski definition) is 3. The van der Waals surface area contributed by atoms with E-state index >= 15 is 0 Å². The van der Waals surface area contributed by atoms with Crippen molar-refractivity contribution in [1.29, 1.82) is 0 Å². The van der Waals surface area contributed by atoms with Crippen LogP contribution in [0, 0.1) is 0 Å². The van der Waals surface area contributed by atoms with Gasteiger partial charge in [-0.1, -0.05) is 25.9 Å². The molecular weight excluding hydrogens is 190 g/mol. The van der Waals surface area contributed by atoms with Gasteiger partial charge in [0.1, 0.15) is 5.84 Å². The van der Waals surface area contributed by atoms with E-state index in [2.05, 4.69) is 30.8 Å². The Labute approximate surface area is 93.1 Å². The lowest BCUT2D eigenvalue weighted by atomic mass is 10.1. The van der Waals surface area contributed by atoms with Gasteiger partial charge in [-0.3, -0.25) is 4.90 Å². The smallest absolute Gasteiger partial charge is 0.140 e. The topological polar surface area (TPSA) is 61.8 Å². The van der Waals surface area contributed by atoms with Gasteiger partial charge in [0.05, 0.1) is 0 Å². The molecule has 0 saturated carbocycles. The van der Waals surface area contributed by atoms with Crippen LogP contribution in [0.4, 0.5) is 0 Å². The van der Waals surface area contributed by atoms with Gasteiger partial charge in [0.25, 0.3) is 0 Å². The molecule has 0 aromatic rings. The minimum atomic E-state index is 0.332. The molecule has 0 aliphatic carbocycles. The largest absolute Gasteiger partial charge is 0.409 e. The molecule has 3 N–H and O–H groups in total. The lowest BCUT2D eigenvalue weighted by Crippen LogP contribution is -2.39. The van der Waals surface area contributed by atoms with Crippen molar-refractivity contribution < 1.29 is 5.21 Å². The lowest BCUT2D eigenvalue weighted by molar-refractivity contribution is 0.193. The molecule has 1 unspecified atom stereocenters. The molecule has 1 atom stereocenters. The molecule has 0 rings (SSSR count). The first-order valence-electron chi connectivity index (χ1n) is 5.89. The first-order chi connectivity index (χ1) is 7.19. The number of hydrogen-bond donors (Lipinski definition) is 2. The number of amidine groups is 1. The number of nitrogens with two attached hydrogens (primary N) is 1. The summed E-state index contributed by atoms with van der Waals surface area (Å²) in [6, 6.07) is 0.404. The maximum absolute atomic E-state index is 8.57. The van der Waals surface area contributed by atoms with Crippen LogP contribution in [0.15, 0.2) is 5.16 Å². The third kappa shape index (κ3) is 5.62. The van der Waals surface area contributed by atoms with E-state index in [-0.39, 0.29) is 0 Å². The van der Waals surface area contributed by atoms with E-state index < -0.39 is 0 Å². The predicted octanol–water partition coefficient (Wildman–Crippen LogP) is 2.02. The normalized spacial score (nSPS) is 14.5. The van der Waals surface area contributed by atoms with Gasteiger partial charge in [0, 0.05) is 12.5 Å². The average Bonchev–Trinajstić information content (AvgIpc) is 2.25. The van der Waals surface area contributed by atoms with E-state index in [9.17, 15) is 0 Å². The highest BCUT2D eigenvalue weighted by Crippen LogP contribution is 2.10. The maximum atomic E-state index is 8.57. The quantitative estimate of drug-likeness (QED) is 0.282. The SMILES string of the molecule is CCCN(CCC)C(CC)C/C(N)=N/O. The van der Waals surface area contributed by atoms with Crippen molar-refractivity contribution in [3.63, 3.8) is 0 Å². The van der Waals surface area contributed by atoms with Crippen LogP contribution in [-0.2, 0) is 0 Å². The maximum Gasteiger partial charge on any atom is 0.140 e. The average molecular weight is 215 g/mol. The van der Waals surface area contributed by atoms with E-state index in [4.69, 9.17) is 10.9 Å². The van der Waals surface area contributed by atoms with Gasteiger partial charge in [-0.25, -0.2) is 0 Å². The molecule has 0 saturated heterocycles. The van der Waals surface area contributed by atoms with Crippen molar-refractivity contribution in [1.82, 2.24) is 4.90 Å². The number of oxime groups is 1. The molecule has 4 nitrogen and oxygen atoms in total. The Morgan fingerprint density at radius 2 is 1.80 bits per heavy atom. The summed E-state index contributed by atoms with van der Waals surface area (Å²) in [7, 11) is 0. The molecule has 0 spiro atoms. The Morgan fingerprint density at radius 3 is 2.13 bits per heavy atom. The van der Waals surface area contributed by atoms with E-state index in [1.165, 1.54) is 0 Å². The first kappa shape index (κ1) is 14.2. The Kier molecular flexibility index (Phi) is 8.09. The zero-order valence-corrected chi connectivity index (χ0v) is 10.2. The molecule has 0 radical (unpaired) electrons. The molecule has 0 amide bonds. The predicted molar refractivity (Wildman–Crippen MR) is 64.3 cm³/mol. The summed E-state index contributed by atoms with van der Waals surface area (Å²) in [5, 5.41) is 11.6. The summed E-state index contributed by atoms with van der Waals surface area (Å²) >= 11 is 0. The van der Waals surface area contributed by atoms with Gasteiger partial charge in [-0.15, -0.1) is 0 Å². The fraction of sp³-hybridized carbons (Fsp3) is 0.909. The van der Waals surface area contributed by atoms with Crippen LogP contribution in [-0.4, -0.2) is 35.1 Å². The highest BCUT2D eigenvalue weighted by Gasteiger charge is 2.16. The Balaban J connectivity index is 4.29. The Hall–Kier alpha value is -0.770. The summed E-state index contributed by atoms with van der Waals surface area (Å²) in [6.07, 6.45) is 3.99. The summed E-state index contributed by atoms with van der Waals surface area (Å²) in [5.41, 5.74) is 5.55. The van der Waals surface area contributed by atoms with Crippen molar-refractivity contribution in [2.75, 3.05) is 13.1 Å². The first-order valence-corrected chi connectivity index (χ1v) is 5.89. The Bertz CT molecular complexity index is 177. The van der Waals surface area contributed by atoms with Crippen LogP contribution in [0.2, 0.25) is 0 Å². The highest BCUT2D eigenvalue weighted by molar-refractivity contribution is 5.80.